The van der Waals surface area contributed by atoms with Crippen LogP contribution in [-0.2, 0) is 14.4 Å². The molecule has 0 atom stereocenters. The molecule has 1 aliphatic heterocycles. The third kappa shape index (κ3) is 15.0. The number of carbonyl (C=O) groups is 3. The first-order valence-corrected chi connectivity index (χ1v) is 12.0. The molecule has 0 saturated heterocycles. The van der Waals surface area contributed by atoms with Crippen LogP contribution in [0.2, 0.25) is 0 Å². The number of amides is 2. The molecule has 5 nitrogen and oxygen atoms in total. The molecule has 2 rings (SSSR count). The van der Waals surface area contributed by atoms with Gasteiger partial charge in [0, 0.05) is 36.6 Å². The van der Waals surface area contributed by atoms with E-state index in [0.717, 1.165) is 11.4 Å². The van der Waals surface area contributed by atoms with Crippen LogP contribution in [0.25, 0.3) is 0 Å². The second kappa shape index (κ2) is 15.3. The lowest BCUT2D eigenvalue weighted by atomic mass is 10.1. The smallest absolute Gasteiger partial charge is 0.253 e. The van der Waals surface area contributed by atoms with Crippen LogP contribution >= 0.6 is 21.6 Å². The van der Waals surface area contributed by atoms with E-state index in [1.807, 2.05) is 62.9 Å². The van der Waals surface area contributed by atoms with Crippen LogP contribution in [0.1, 0.15) is 54.9 Å². The second-order valence-electron chi connectivity index (χ2n) is 7.71. The number of imide groups is 1. The SMILES string of the molecule is CC(=O)CC(C)C.CC(C)CN1C(=O)C=CC1=O.CC(C)SSc1ccccn1. The zero-order chi connectivity index (χ0) is 22.4. The Balaban J connectivity index is 0.000000419. The highest BCUT2D eigenvalue weighted by Crippen LogP contribution is 2.32. The Kier molecular flexibility index (Phi) is 14.4. The van der Waals surface area contributed by atoms with Gasteiger partial charge in [-0.15, -0.1) is 0 Å². The predicted molar refractivity (Wildman–Crippen MR) is 124 cm³/mol. The Morgan fingerprint density at radius 2 is 1.59 bits per heavy atom. The Labute approximate surface area is 183 Å². The van der Waals surface area contributed by atoms with Crippen LogP contribution in [0.5, 0.6) is 0 Å². The number of pyridine rings is 1. The Morgan fingerprint density at radius 3 is 1.93 bits per heavy atom. The van der Waals surface area contributed by atoms with Gasteiger partial charge in [0.15, 0.2) is 0 Å². The first-order chi connectivity index (χ1) is 13.5. The summed E-state index contributed by atoms with van der Waals surface area (Å²) in [6.07, 6.45) is 5.17. The molecule has 0 N–H and O–H groups in total. The topological polar surface area (TPSA) is 67.3 Å². The molecule has 0 aromatic carbocycles. The highest BCUT2D eigenvalue weighted by Gasteiger charge is 2.23. The summed E-state index contributed by atoms with van der Waals surface area (Å²) in [5.74, 6) is 0.766. The molecule has 1 aromatic heterocycles. The van der Waals surface area contributed by atoms with Gasteiger partial charge in [-0.3, -0.25) is 14.5 Å². The van der Waals surface area contributed by atoms with E-state index in [2.05, 4.69) is 18.8 Å². The number of ketones is 1. The van der Waals surface area contributed by atoms with Crippen molar-refractivity contribution in [3.63, 3.8) is 0 Å². The molecule has 0 aliphatic carbocycles. The van der Waals surface area contributed by atoms with Crippen molar-refractivity contribution in [2.75, 3.05) is 6.54 Å². The van der Waals surface area contributed by atoms with Crippen LogP contribution < -0.4 is 0 Å². The van der Waals surface area contributed by atoms with Crippen LogP contribution in [0.3, 0.4) is 0 Å². The maximum absolute atomic E-state index is 10.9. The van der Waals surface area contributed by atoms with Crippen molar-refractivity contribution in [1.29, 1.82) is 0 Å². The summed E-state index contributed by atoms with van der Waals surface area (Å²) >= 11 is 0. The van der Waals surface area contributed by atoms with E-state index in [1.54, 1.807) is 17.7 Å². The average molecular weight is 439 g/mol. The molecule has 7 heteroatoms. The van der Waals surface area contributed by atoms with E-state index in [9.17, 15) is 14.4 Å². The van der Waals surface area contributed by atoms with Crippen LogP contribution in [0, 0.1) is 11.8 Å². The van der Waals surface area contributed by atoms with Crippen LogP contribution in [0.4, 0.5) is 0 Å². The summed E-state index contributed by atoms with van der Waals surface area (Å²) in [5, 5.41) is 1.74. The van der Waals surface area contributed by atoms with E-state index >= 15 is 0 Å². The number of hydrogen-bond acceptors (Lipinski definition) is 6. The molecule has 0 spiro atoms. The van der Waals surface area contributed by atoms with Crippen molar-refractivity contribution < 1.29 is 14.4 Å². The lowest BCUT2D eigenvalue weighted by Crippen LogP contribution is -2.33. The maximum atomic E-state index is 10.9. The van der Waals surface area contributed by atoms with E-state index in [4.69, 9.17) is 0 Å². The highest BCUT2D eigenvalue weighted by atomic mass is 33.1. The van der Waals surface area contributed by atoms with Gasteiger partial charge in [-0.05, 0) is 41.7 Å². The summed E-state index contributed by atoms with van der Waals surface area (Å²) in [6.45, 7) is 14.5. The lowest BCUT2D eigenvalue weighted by Gasteiger charge is -2.15. The van der Waals surface area contributed by atoms with Gasteiger partial charge in [-0.1, -0.05) is 58.4 Å². The fourth-order valence-corrected chi connectivity index (χ4v) is 3.79. The molecular formula is C22H34N2O3S2. The van der Waals surface area contributed by atoms with E-state index in [-0.39, 0.29) is 17.6 Å². The van der Waals surface area contributed by atoms with Crippen molar-refractivity contribution >= 4 is 39.2 Å². The average Bonchev–Trinajstić information content (AvgIpc) is 2.92. The highest BCUT2D eigenvalue weighted by molar-refractivity contribution is 8.76. The number of aromatic nitrogens is 1. The third-order valence-corrected chi connectivity index (χ3v) is 5.96. The molecule has 0 radical (unpaired) electrons. The lowest BCUT2D eigenvalue weighted by molar-refractivity contribution is -0.137. The number of hydrogen-bond donors (Lipinski definition) is 0. The minimum atomic E-state index is -0.191. The monoisotopic (exact) mass is 438 g/mol. The molecule has 29 heavy (non-hydrogen) atoms. The number of carbonyl (C=O) groups excluding carboxylic acids is 3. The van der Waals surface area contributed by atoms with Gasteiger partial charge < -0.3 is 4.79 Å². The quantitative estimate of drug-likeness (QED) is 0.418. The maximum Gasteiger partial charge on any atom is 0.253 e. The minimum Gasteiger partial charge on any atom is -0.300 e. The zero-order valence-electron chi connectivity index (χ0n) is 18.5. The van der Waals surface area contributed by atoms with Gasteiger partial charge in [0.25, 0.3) is 11.8 Å². The molecule has 0 bridgehead atoms. The summed E-state index contributed by atoms with van der Waals surface area (Å²) in [5.41, 5.74) is 0. The van der Waals surface area contributed by atoms with E-state index in [0.29, 0.717) is 23.6 Å². The third-order valence-electron chi connectivity index (χ3n) is 3.11. The summed E-state index contributed by atoms with van der Waals surface area (Å²) in [6, 6.07) is 5.97. The van der Waals surface area contributed by atoms with E-state index in [1.165, 1.54) is 17.1 Å². The first kappa shape index (κ1) is 27.4. The molecule has 1 aromatic rings. The van der Waals surface area contributed by atoms with E-state index < -0.39 is 0 Å². The van der Waals surface area contributed by atoms with Gasteiger partial charge in [0.05, 0.1) is 0 Å². The van der Waals surface area contributed by atoms with Crippen molar-refractivity contribution in [3.8, 4) is 0 Å². The largest absolute Gasteiger partial charge is 0.300 e. The fraction of sp³-hybridized carbons (Fsp3) is 0.545. The summed E-state index contributed by atoms with van der Waals surface area (Å²) in [4.78, 5) is 37.6. The fourth-order valence-electron chi connectivity index (χ4n) is 2.09. The number of rotatable bonds is 7. The molecular weight excluding hydrogens is 404 g/mol. The number of Topliss-reactive ketones (excluding diaryl/α,β-unsaturated/α-hetero) is 1. The molecule has 0 unspecified atom stereocenters. The van der Waals surface area contributed by atoms with Crippen molar-refractivity contribution in [2.24, 2.45) is 11.8 Å². The first-order valence-electron chi connectivity index (χ1n) is 9.80. The summed E-state index contributed by atoms with van der Waals surface area (Å²) in [7, 11) is 3.57. The normalized spacial score (nSPS) is 12.8. The molecule has 0 fully saturated rings. The predicted octanol–water partition coefficient (Wildman–Crippen LogP) is 5.42. The molecule has 1 aliphatic rings. The zero-order valence-corrected chi connectivity index (χ0v) is 20.2. The summed E-state index contributed by atoms with van der Waals surface area (Å²) < 4.78 is 0. The van der Waals surface area contributed by atoms with Gasteiger partial charge in [-0.2, -0.15) is 0 Å². The molecule has 2 heterocycles. The molecule has 162 valence electrons. The second-order valence-corrected chi connectivity index (χ2v) is 10.5. The van der Waals surface area contributed by atoms with Gasteiger partial charge in [0.2, 0.25) is 0 Å². The molecule has 0 saturated carbocycles. The van der Waals surface area contributed by atoms with Gasteiger partial charge in [0.1, 0.15) is 10.8 Å². The molecule has 2 amide bonds. The standard InChI is InChI=1S/C8H11NO2.C8H11NS2.C6H12O/c1-6(2)5-9-7(10)3-4-8(9)11;1-7(2)10-11-8-5-3-4-6-9-8;1-5(2)4-6(3)7/h3-4,6H,5H2,1-2H3;3-7H,1-2H3;5H,4H2,1-3H3. The van der Waals surface area contributed by atoms with Crippen molar-refractivity contribution in [1.82, 2.24) is 9.88 Å². The van der Waals surface area contributed by atoms with Gasteiger partial charge >= 0.3 is 0 Å². The Morgan fingerprint density at radius 1 is 1.00 bits per heavy atom. The van der Waals surface area contributed by atoms with Crippen LogP contribution in [0.15, 0.2) is 41.6 Å². The van der Waals surface area contributed by atoms with Gasteiger partial charge in [-0.25, -0.2) is 4.98 Å². The Hall–Kier alpha value is -1.60. The Bertz CT molecular complexity index is 641. The van der Waals surface area contributed by atoms with Crippen LogP contribution in [-0.4, -0.2) is 39.3 Å². The number of nitrogens with zero attached hydrogens (tertiary/aromatic N) is 2. The minimum absolute atomic E-state index is 0.191. The van der Waals surface area contributed by atoms with Crippen molar-refractivity contribution in [2.45, 2.75) is 65.2 Å². The van der Waals surface area contributed by atoms with Crippen molar-refractivity contribution in [3.05, 3.63) is 36.5 Å².